The van der Waals surface area contributed by atoms with Crippen molar-refractivity contribution in [2.75, 3.05) is 5.32 Å². The quantitative estimate of drug-likeness (QED) is 0.711. The molecule has 1 aliphatic rings. The molecule has 3 aromatic heterocycles. The van der Waals surface area contributed by atoms with E-state index in [-0.39, 0.29) is 6.10 Å². The number of nitrogens with zero attached hydrogens (tertiary/aromatic N) is 3. The molecular formula is C18H19ClN4O. The summed E-state index contributed by atoms with van der Waals surface area (Å²) >= 11 is 6.01. The summed E-state index contributed by atoms with van der Waals surface area (Å²) in [5, 5.41) is 13.7. The molecule has 1 saturated carbocycles. The second-order valence-electron chi connectivity index (χ2n) is 6.31. The Morgan fingerprint density at radius 1 is 1.12 bits per heavy atom. The molecule has 0 aromatic carbocycles. The third kappa shape index (κ3) is 3.09. The van der Waals surface area contributed by atoms with Crippen LogP contribution in [0.25, 0.3) is 16.9 Å². The highest BCUT2D eigenvalue weighted by molar-refractivity contribution is 6.29. The van der Waals surface area contributed by atoms with E-state index in [1.165, 1.54) is 0 Å². The van der Waals surface area contributed by atoms with Gasteiger partial charge in [0.1, 0.15) is 10.8 Å². The lowest BCUT2D eigenvalue weighted by molar-refractivity contribution is 0.126. The summed E-state index contributed by atoms with van der Waals surface area (Å²) in [4.78, 5) is 8.49. The van der Waals surface area contributed by atoms with E-state index < -0.39 is 0 Å². The molecule has 0 spiro atoms. The zero-order chi connectivity index (χ0) is 16.5. The third-order valence-electron chi connectivity index (χ3n) is 4.60. The summed E-state index contributed by atoms with van der Waals surface area (Å²) in [5.41, 5.74) is 3.92. The number of imidazole rings is 1. The molecule has 3 aromatic rings. The van der Waals surface area contributed by atoms with Crippen LogP contribution in [-0.4, -0.2) is 31.6 Å². The van der Waals surface area contributed by atoms with E-state index in [0.717, 1.165) is 48.3 Å². The van der Waals surface area contributed by atoms with Crippen molar-refractivity contribution in [3.8, 4) is 11.3 Å². The molecule has 6 heteroatoms. The number of aromatic nitrogens is 3. The average molecular weight is 343 g/mol. The zero-order valence-electron chi connectivity index (χ0n) is 13.2. The number of aliphatic hydroxyl groups is 1. The van der Waals surface area contributed by atoms with Gasteiger partial charge in [0, 0.05) is 24.0 Å². The van der Waals surface area contributed by atoms with Crippen LogP contribution in [0.2, 0.25) is 5.15 Å². The fourth-order valence-electron chi connectivity index (χ4n) is 3.30. The Hall–Kier alpha value is -2.11. The van der Waals surface area contributed by atoms with Gasteiger partial charge in [-0.05, 0) is 49.9 Å². The van der Waals surface area contributed by atoms with Gasteiger partial charge in [0.25, 0.3) is 0 Å². The van der Waals surface area contributed by atoms with Crippen LogP contribution in [0.15, 0.2) is 42.9 Å². The van der Waals surface area contributed by atoms with Gasteiger partial charge in [0.05, 0.1) is 23.7 Å². The van der Waals surface area contributed by atoms with Crippen LogP contribution in [0.1, 0.15) is 25.7 Å². The van der Waals surface area contributed by atoms with E-state index in [1.54, 1.807) is 6.20 Å². The van der Waals surface area contributed by atoms with Crippen LogP contribution in [0, 0.1) is 0 Å². The van der Waals surface area contributed by atoms with Gasteiger partial charge in [-0.15, -0.1) is 0 Å². The summed E-state index contributed by atoms with van der Waals surface area (Å²) in [6.45, 7) is 0. The summed E-state index contributed by atoms with van der Waals surface area (Å²) < 4.78 is 2.06. The minimum Gasteiger partial charge on any atom is -0.393 e. The normalized spacial score (nSPS) is 21.1. The molecule has 2 N–H and O–H groups in total. The number of nitrogens with one attached hydrogen (secondary N) is 1. The van der Waals surface area contributed by atoms with Gasteiger partial charge in [0.2, 0.25) is 0 Å². The Kier molecular flexibility index (Phi) is 4.12. The number of hydrogen-bond acceptors (Lipinski definition) is 4. The molecule has 0 saturated heterocycles. The maximum atomic E-state index is 9.64. The first kappa shape index (κ1) is 15.4. The van der Waals surface area contributed by atoms with Crippen molar-refractivity contribution in [1.82, 2.24) is 14.4 Å². The molecule has 1 fully saturated rings. The first-order valence-corrected chi connectivity index (χ1v) is 8.60. The highest BCUT2D eigenvalue weighted by Gasteiger charge is 2.19. The van der Waals surface area contributed by atoms with E-state index in [9.17, 15) is 5.11 Å². The number of hydrogen-bond donors (Lipinski definition) is 2. The molecule has 0 amide bonds. The molecule has 24 heavy (non-hydrogen) atoms. The molecule has 0 bridgehead atoms. The van der Waals surface area contributed by atoms with Gasteiger partial charge in [-0.1, -0.05) is 11.6 Å². The molecule has 5 nitrogen and oxygen atoms in total. The fourth-order valence-corrected chi connectivity index (χ4v) is 3.47. The van der Waals surface area contributed by atoms with Crippen LogP contribution in [0.4, 0.5) is 5.69 Å². The van der Waals surface area contributed by atoms with Crippen LogP contribution in [-0.2, 0) is 0 Å². The SMILES string of the molecule is OC1CCC(Nc2ccc3ncc(-c4ccnc(Cl)c4)n3c2)CC1. The smallest absolute Gasteiger partial charge is 0.137 e. The van der Waals surface area contributed by atoms with Crippen molar-refractivity contribution in [2.24, 2.45) is 0 Å². The largest absolute Gasteiger partial charge is 0.393 e. The van der Waals surface area contributed by atoms with Crippen LogP contribution in [0.5, 0.6) is 0 Å². The molecule has 4 rings (SSSR count). The number of aliphatic hydroxyl groups excluding tert-OH is 1. The van der Waals surface area contributed by atoms with E-state index in [1.807, 2.05) is 24.4 Å². The monoisotopic (exact) mass is 342 g/mol. The van der Waals surface area contributed by atoms with Crippen molar-refractivity contribution < 1.29 is 5.11 Å². The van der Waals surface area contributed by atoms with E-state index >= 15 is 0 Å². The summed E-state index contributed by atoms with van der Waals surface area (Å²) in [5.74, 6) is 0. The number of pyridine rings is 2. The van der Waals surface area contributed by atoms with Crippen molar-refractivity contribution in [3.63, 3.8) is 0 Å². The average Bonchev–Trinajstić information content (AvgIpc) is 3.00. The molecular weight excluding hydrogens is 324 g/mol. The number of halogens is 1. The van der Waals surface area contributed by atoms with Crippen LogP contribution >= 0.6 is 11.6 Å². The van der Waals surface area contributed by atoms with Gasteiger partial charge >= 0.3 is 0 Å². The van der Waals surface area contributed by atoms with Gasteiger partial charge in [-0.2, -0.15) is 0 Å². The second kappa shape index (κ2) is 6.42. The molecule has 0 unspecified atom stereocenters. The van der Waals surface area contributed by atoms with Crippen LogP contribution < -0.4 is 5.32 Å². The Bertz CT molecular complexity index is 855. The molecule has 0 aliphatic heterocycles. The van der Waals surface area contributed by atoms with Crippen molar-refractivity contribution >= 4 is 22.9 Å². The lowest BCUT2D eigenvalue weighted by Crippen LogP contribution is -2.28. The lowest BCUT2D eigenvalue weighted by Gasteiger charge is -2.27. The standard InChI is InChI=1S/C18H19ClN4O/c19-17-9-12(7-8-20-17)16-10-21-18-6-3-14(11-23(16)18)22-13-1-4-15(24)5-2-13/h3,6-11,13,15,22,24H,1-2,4-5H2. The Balaban J connectivity index is 1.63. The van der Waals surface area contributed by atoms with Crippen LogP contribution in [0.3, 0.4) is 0 Å². The molecule has 1 aliphatic carbocycles. The van der Waals surface area contributed by atoms with E-state index in [2.05, 4.69) is 31.9 Å². The topological polar surface area (TPSA) is 62.5 Å². The fraction of sp³-hybridized carbons (Fsp3) is 0.333. The first-order chi connectivity index (χ1) is 11.7. The number of rotatable bonds is 3. The first-order valence-electron chi connectivity index (χ1n) is 8.23. The van der Waals surface area contributed by atoms with Crippen molar-refractivity contribution in [2.45, 2.75) is 37.8 Å². The minimum atomic E-state index is -0.137. The summed E-state index contributed by atoms with van der Waals surface area (Å²) in [6, 6.07) is 8.24. The molecule has 124 valence electrons. The Morgan fingerprint density at radius 3 is 2.75 bits per heavy atom. The second-order valence-corrected chi connectivity index (χ2v) is 6.69. The molecule has 3 heterocycles. The van der Waals surface area contributed by atoms with Gasteiger partial charge in [-0.3, -0.25) is 4.40 Å². The van der Waals surface area contributed by atoms with Crippen molar-refractivity contribution in [1.29, 1.82) is 0 Å². The predicted molar refractivity (Wildman–Crippen MR) is 95.3 cm³/mol. The molecule has 0 atom stereocenters. The van der Waals surface area contributed by atoms with E-state index in [0.29, 0.717) is 11.2 Å². The summed E-state index contributed by atoms with van der Waals surface area (Å²) in [6.07, 6.45) is 9.21. The predicted octanol–water partition coefficient (Wildman–Crippen LogP) is 3.77. The Labute approximate surface area is 145 Å². The zero-order valence-corrected chi connectivity index (χ0v) is 13.9. The van der Waals surface area contributed by atoms with Gasteiger partial charge in [0.15, 0.2) is 0 Å². The highest BCUT2D eigenvalue weighted by Crippen LogP contribution is 2.26. The molecule has 0 radical (unpaired) electrons. The van der Waals surface area contributed by atoms with Gasteiger partial charge in [-0.25, -0.2) is 9.97 Å². The summed E-state index contributed by atoms with van der Waals surface area (Å²) in [7, 11) is 0. The minimum absolute atomic E-state index is 0.137. The van der Waals surface area contributed by atoms with E-state index in [4.69, 9.17) is 11.6 Å². The maximum absolute atomic E-state index is 9.64. The lowest BCUT2D eigenvalue weighted by atomic mass is 9.93. The third-order valence-corrected chi connectivity index (χ3v) is 4.80. The van der Waals surface area contributed by atoms with Crippen molar-refractivity contribution in [3.05, 3.63) is 48.0 Å². The highest BCUT2D eigenvalue weighted by atomic mass is 35.5. The Morgan fingerprint density at radius 2 is 1.96 bits per heavy atom. The number of anilines is 1. The maximum Gasteiger partial charge on any atom is 0.137 e. The van der Waals surface area contributed by atoms with Gasteiger partial charge < -0.3 is 10.4 Å². The number of fused-ring (bicyclic) bond motifs is 1.